The van der Waals surface area contributed by atoms with E-state index in [9.17, 15) is 4.79 Å². The Morgan fingerprint density at radius 2 is 2.20 bits per heavy atom. The van der Waals surface area contributed by atoms with Crippen LogP contribution in [0.25, 0.3) is 0 Å². The predicted octanol–water partition coefficient (Wildman–Crippen LogP) is 2.14. The molecule has 0 amide bonds. The van der Waals surface area contributed by atoms with Gasteiger partial charge in [-0.05, 0) is 5.92 Å². The summed E-state index contributed by atoms with van der Waals surface area (Å²) in [6, 6.07) is 0. The Hall–Kier alpha value is -0.550. The van der Waals surface area contributed by atoms with Crippen molar-refractivity contribution in [1.29, 1.82) is 0 Å². The van der Waals surface area contributed by atoms with Crippen LogP contribution < -0.4 is 5.56 Å². The number of rotatable bonds is 5. The molecule has 0 aliphatic heterocycles. The highest BCUT2D eigenvalue weighted by Crippen LogP contribution is 2.14. The van der Waals surface area contributed by atoms with Gasteiger partial charge < -0.3 is 9.26 Å². The molecule has 0 aliphatic carbocycles. The SMILES string of the molecule is COCn1oc(CC(C)C)c(CBr)c1=O. The van der Waals surface area contributed by atoms with Gasteiger partial charge in [0.2, 0.25) is 0 Å². The van der Waals surface area contributed by atoms with E-state index in [1.54, 1.807) is 0 Å². The molecule has 0 atom stereocenters. The summed E-state index contributed by atoms with van der Waals surface area (Å²) in [5.41, 5.74) is 0.588. The molecule has 5 heteroatoms. The molecular formula is C10H16BrNO3. The van der Waals surface area contributed by atoms with Gasteiger partial charge >= 0.3 is 0 Å². The third kappa shape index (κ3) is 2.95. The van der Waals surface area contributed by atoms with E-state index in [4.69, 9.17) is 9.26 Å². The van der Waals surface area contributed by atoms with E-state index >= 15 is 0 Å². The van der Waals surface area contributed by atoms with Crippen LogP contribution >= 0.6 is 15.9 Å². The van der Waals surface area contributed by atoms with Gasteiger partial charge in [0.25, 0.3) is 5.56 Å². The van der Waals surface area contributed by atoms with Crippen molar-refractivity contribution in [3.8, 4) is 0 Å². The Kier molecular flexibility index (Phi) is 4.60. The molecule has 0 saturated carbocycles. The summed E-state index contributed by atoms with van der Waals surface area (Å²) in [7, 11) is 1.53. The molecule has 0 spiro atoms. The van der Waals surface area contributed by atoms with E-state index in [2.05, 4.69) is 29.8 Å². The second kappa shape index (κ2) is 5.51. The Morgan fingerprint density at radius 3 is 2.67 bits per heavy atom. The first-order chi connectivity index (χ1) is 7.10. The fourth-order valence-electron chi connectivity index (χ4n) is 1.36. The van der Waals surface area contributed by atoms with Crippen molar-refractivity contribution >= 4 is 15.9 Å². The summed E-state index contributed by atoms with van der Waals surface area (Å²) in [6.45, 7) is 4.34. The fraction of sp³-hybridized carbons (Fsp3) is 0.700. The Bertz CT molecular complexity index is 367. The molecule has 86 valence electrons. The van der Waals surface area contributed by atoms with Crippen molar-refractivity contribution in [3.63, 3.8) is 0 Å². The van der Waals surface area contributed by atoms with Crippen LogP contribution in [-0.4, -0.2) is 11.8 Å². The van der Waals surface area contributed by atoms with Gasteiger partial charge in [-0.3, -0.25) is 4.79 Å². The molecule has 0 bridgehead atoms. The molecule has 0 fully saturated rings. The van der Waals surface area contributed by atoms with Gasteiger partial charge in [-0.25, -0.2) is 0 Å². The summed E-state index contributed by atoms with van der Waals surface area (Å²) in [4.78, 5) is 11.8. The minimum absolute atomic E-state index is 0.107. The van der Waals surface area contributed by atoms with E-state index in [0.29, 0.717) is 16.8 Å². The van der Waals surface area contributed by atoms with E-state index < -0.39 is 0 Å². The largest absolute Gasteiger partial charge is 0.378 e. The molecule has 0 aliphatic rings. The zero-order valence-corrected chi connectivity index (χ0v) is 10.8. The summed E-state index contributed by atoms with van der Waals surface area (Å²) >= 11 is 3.30. The van der Waals surface area contributed by atoms with Crippen molar-refractivity contribution in [3.05, 3.63) is 21.7 Å². The number of hydrogen-bond donors (Lipinski definition) is 0. The lowest BCUT2D eigenvalue weighted by Gasteiger charge is -2.01. The fourth-order valence-corrected chi connectivity index (χ4v) is 1.92. The second-order valence-corrected chi connectivity index (χ2v) is 4.39. The average molecular weight is 278 g/mol. The normalized spacial score (nSPS) is 11.3. The molecular weight excluding hydrogens is 262 g/mol. The lowest BCUT2D eigenvalue weighted by atomic mass is 10.1. The maximum Gasteiger partial charge on any atom is 0.289 e. The van der Waals surface area contributed by atoms with Crippen molar-refractivity contribution < 1.29 is 9.26 Å². The van der Waals surface area contributed by atoms with Crippen molar-refractivity contribution in [2.24, 2.45) is 5.92 Å². The highest BCUT2D eigenvalue weighted by Gasteiger charge is 2.16. The minimum atomic E-state index is -0.107. The van der Waals surface area contributed by atoms with Gasteiger partial charge in [-0.15, -0.1) is 4.74 Å². The van der Waals surface area contributed by atoms with Crippen molar-refractivity contribution in [1.82, 2.24) is 4.74 Å². The molecule has 0 aromatic carbocycles. The minimum Gasteiger partial charge on any atom is -0.378 e. The zero-order valence-electron chi connectivity index (χ0n) is 9.25. The molecule has 1 aromatic heterocycles. The Morgan fingerprint density at radius 1 is 1.53 bits per heavy atom. The monoisotopic (exact) mass is 277 g/mol. The van der Waals surface area contributed by atoms with Crippen molar-refractivity contribution in [2.75, 3.05) is 7.11 Å². The third-order valence-corrected chi connectivity index (χ3v) is 2.58. The lowest BCUT2D eigenvalue weighted by molar-refractivity contribution is 0.0539. The molecule has 1 aromatic rings. The van der Waals surface area contributed by atoms with Gasteiger partial charge in [0, 0.05) is 18.9 Å². The molecule has 0 saturated heterocycles. The van der Waals surface area contributed by atoms with Gasteiger partial charge in [0.15, 0.2) is 6.73 Å². The highest BCUT2D eigenvalue weighted by atomic mass is 79.9. The van der Waals surface area contributed by atoms with Crippen LogP contribution in [0.15, 0.2) is 9.32 Å². The average Bonchev–Trinajstić information content (AvgIpc) is 2.43. The first kappa shape index (κ1) is 12.5. The Balaban J connectivity index is 3.04. The molecule has 0 N–H and O–H groups in total. The predicted molar refractivity (Wildman–Crippen MR) is 61.2 cm³/mol. The number of hydrogen-bond acceptors (Lipinski definition) is 3. The summed E-state index contributed by atoms with van der Waals surface area (Å²) in [6.07, 6.45) is 0.771. The van der Waals surface area contributed by atoms with Crippen LogP contribution in [0.3, 0.4) is 0 Å². The van der Waals surface area contributed by atoms with Crippen LogP contribution in [0.4, 0.5) is 0 Å². The number of methoxy groups -OCH3 is 1. The highest BCUT2D eigenvalue weighted by molar-refractivity contribution is 9.08. The van der Waals surface area contributed by atoms with E-state index in [-0.39, 0.29) is 12.3 Å². The van der Waals surface area contributed by atoms with Crippen LogP contribution in [0, 0.1) is 5.92 Å². The standard InChI is InChI=1S/C10H16BrNO3/c1-7(2)4-9-8(5-11)10(13)12(15-9)6-14-3/h7H,4-6H2,1-3H3. The van der Waals surface area contributed by atoms with Crippen LogP contribution in [0.2, 0.25) is 0 Å². The molecule has 0 unspecified atom stereocenters. The van der Waals surface area contributed by atoms with Gasteiger partial charge in [-0.2, -0.15) is 0 Å². The summed E-state index contributed by atoms with van der Waals surface area (Å²) in [5.74, 6) is 1.22. The molecule has 1 rings (SSSR count). The molecule has 4 nitrogen and oxygen atoms in total. The first-order valence-electron chi connectivity index (χ1n) is 4.86. The summed E-state index contributed by atoms with van der Waals surface area (Å²) in [5, 5.41) is 0.522. The number of aromatic nitrogens is 1. The third-order valence-electron chi connectivity index (χ3n) is 2.02. The number of nitrogens with zero attached hydrogens (tertiary/aromatic N) is 1. The van der Waals surface area contributed by atoms with Crippen LogP contribution in [0.1, 0.15) is 25.2 Å². The summed E-state index contributed by atoms with van der Waals surface area (Å²) < 4.78 is 11.6. The van der Waals surface area contributed by atoms with E-state index in [1.165, 1.54) is 11.8 Å². The van der Waals surface area contributed by atoms with Crippen molar-refractivity contribution in [2.45, 2.75) is 32.3 Å². The first-order valence-corrected chi connectivity index (χ1v) is 5.99. The number of alkyl halides is 1. The molecule has 15 heavy (non-hydrogen) atoms. The van der Waals surface area contributed by atoms with E-state index in [1.807, 2.05) is 0 Å². The molecule has 0 radical (unpaired) electrons. The second-order valence-electron chi connectivity index (χ2n) is 3.83. The van der Waals surface area contributed by atoms with Crippen LogP contribution in [-0.2, 0) is 23.2 Å². The number of ether oxygens (including phenoxy) is 1. The topological polar surface area (TPSA) is 44.4 Å². The maximum atomic E-state index is 11.8. The molecule has 1 heterocycles. The van der Waals surface area contributed by atoms with Gasteiger partial charge in [-0.1, -0.05) is 29.8 Å². The number of halogens is 1. The smallest absolute Gasteiger partial charge is 0.289 e. The quantitative estimate of drug-likeness (QED) is 0.775. The lowest BCUT2D eigenvalue weighted by Crippen LogP contribution is -2.17. The zero-order chi connectivity index (χ0) is 11.4. The Labute approximate surface area is 97.3 Å². The van der Waals surface area contributed by atoms with Crippen LogP contribution in [0.5, 0.6) is 0 Å². The van der Waals surface area contributed by atoms with Gasteiger partial charge in [0.1, 0.15) is 5.76 Å². The van der Waals surface area contributed by atoms with Gasteiger partial charge in [0.05, 0.1) is 5.56 Å². The van der Waals surface area contributed by atoms with E-state index in [0.717, 1.165) is 12.2 Å². The maximum absolute atomic E-state index is 11.8.